The van der Waals surface area contributed by atoms with Gasteiger partial charge in [0.05, 0.1) is 17.1 Å². The highest BCUT2D eigenvalue weighted by Crippen LogP contribution is 2.40. The molecule has 1 aromatic rings. The summed E-state index contributed by atoms with van der Waals surface area (Å²) < 4.78 is 0. The minimum absolute atomic E-state index is 0.0760. The van der Waals surface area contributed by atoms with E-state index in [-0.39, 0.29) is 17.7 Å². The zero-order valence-corrected chi connectivity index (χ0v) is 15.8. The van der Waals surface area contributed by atoms with Crippen LogP contribution >= 0.6 is 0 Å². The number of carbonyl (C=O) groups is 3. The molecule has 8 nitrogen and oxygen atoms in total. The number of hydrogen-bond donors (Lipinski definition) is 4. The normalized spacial score (nSPS) is 17.2. The van der Waals surface area contributed by atoms with Crippen molar-refractivity contribution < 1.29 is 29.7 Å². The maximum atomic E-state index is 12.1. The van der Waals surface area contributed by atoms with Gasteiger partial charge >= 0.3 is 17.9 Å². The molecule has 1 aliphatic heterocycles. The second-order valence-corrected chi connectivity index (χ2v) is 6.64. The number of dihydropyridines is 1. The Morgan fingerprint density at radius 1 is 1.07 bits per heavy atom. The van der Waals surface area contributed by atoms with Crippen molar-refractivity contribution in [2.24, 2.45) is 0 Å². The Bertz CT molecular complexity index is 911. The van der Waals surface area contributed by atoms with E-state index in [9.17, 15) is 24.6 Å². The van der Waals surface area contributed by atoms with Crippen LogP contribution in [0.1, 0.15) is 24.0 Å². The number of carboxylic acid groups (broad SMARTS) is 3. The molecule has 1 unspecified atom stereocenters. The smallest absolute Gasteiger partial charge is 0.334 e. The molecule has 0 radical (unpaired) electrons. The van der Waals surface area contributed by atoms with Crippen molar-refractivity contribution in [1.82, 2.24) is 10.2 Å². The van der Waals surface area contributed by atoms with Gasteiger partial charge in [-0.15, -0.1) is 0 Å². The number of allylic oxidation sites excluding steroid dienone is 1. The molecular formula is C20H22N2O6. The third-order valence-corrected chi connectivity index (χ3v) is 4.29. The molecule has 4 N–H and O–H groups in total. The SMILES string of the molecule is CC1=C(C(=O)O)C(c2ccccc2/C=C/C(=O)O)C(C(=O)O)=C(CN(C)C)N1. The van der Waals surface area contributed by atoms with E-state index in [0.29, 0.717) is 22.5 Å². The van der Waals surface area contributed by atoms with Crippen molar-refractivity contribution in [3.63, 3.8) is 0 Å². The first kappa shape index (κ1) is 20.9. The average Bonchev–Trinajstić information content (AvgIpc) is 2.58. The summed E-state index contributed by atoms with van der Waals surface area (Å²) in [6, 6.07) is 6.57. The summed E-state index contributed by atoms with van der Waals surface area (Å²) in [4.78, 5) is 36.8. The molecule has 1 aromatic carbocycles. The Labute approximate surface area is 162 Å². The predicted octanol–water partition coefficient (Wildman–Crippen LogP) is 1.73. The number of aliphatic carboxylic acids is 3. The molecule has 0 saturated heterocycles. The fourth-order valence-electron chi connectivity index (χ4n) is 3.27. The van der Waals surface area contributed by atoms with E-state index >= 15 is 0 Å². The van der Waals surface area contributed by atoms with Gasteiger partial charge in [-0.3, -0.25) is 0 Å². The number of carboxylic acids is 3. The third-order valence-electron chi connectivity index (χ3n) is 4.29. The molecule has 2 rings (SSSR count). The van der Waals surface area contributed by atoms with Crippen LogP contribution in [0.2, 0.25) is 0 Å². The van der Waals surface area contributed by atoms with Gasteiger partial charge in [-0.05, 0) is 38.2 Å². The van der Waals surface area contributed by atoms with Crippen LogP contribution in [-0.2, 0) is 14.4 Å². The Balaban J connectivity index is 2.79. The van der Waals surface area contributed by atoms with E-state index in [1.165, 1.54) is 6.08 Å². The monoisotopic (exact) mass is 386 g/mol. The first-order valence-electron chi connectivity index (χ1n) is 8.45. The van der Waals surface area contributed by atoms with Gasteiger partial charge in [0.25, 0.3) is 0 Å². The highest BCUT2D eigenvalue weighted by atomic mass is 16.4. The summed E-state index contributed by atoms with van der Waals surface area (Å²) >= 11 is 0. The molecule has 0 spiro atoms. The van der Waals surface area contributed by atoms with E-state index in [1.54, 1.807) is 50.2 Å². The zero-order chi connectivity index (χ0) is 21.0. The average molecular weight is 386 g/mol. The van der Waals surface area contributed by atoms with Gasteiger partial charge in [0.15, 0.2) is 0 Å². The summed E-state index contributed by atoms with van der Waals surface area (Å²) in [5, 5.41) is 31.5. The van der Waals surface area contributed by atoms with Crippen molar-refractivity contribution in [2.75, 3.05) is 20.6 Å². The quantitative estimate of drug-likeness (QED) is 0.522. The number of likely N-dealkylation sites (N-methyl/N-ethyl adjacent to an activating group) is 1. The summed E-state index contributed by atoms with van der Waals surface area (Å²) in [5.41, 5.74) is 1.42. The van der Waals surface area contributed by atoms with E-state index in [2.05, 4.69) is 5.32 Å². The molecular weight excluding hydrogens is 364 g/mol. The fraction of sp³-hybridized carbons (Fsp3) is 0.250. The molecule has 0 fully saturated rings. The van der Waals surface area contributed by atoms with Gasteiger partial charge in [-0.25, -0.2) is 14.4 Å². The van der Waals surface area contributed by atoms with Crippen LogP contribution in [0.25, 0.3) is 6.08 Å². The summed E-state index contributed by atoms with van der Waals surface area (Å²) in [6.45, 7) is 1.86. The van der Waals surface area contributed by atoms with Gasteiger partial charge in [0, 0.05) is 24.0 Å². The molecule has 1 atom stereocenters. The van der Waals surface area contributed by atoms with Crippen LogP contribution in [0, 0.1) is 0 Å². The molecule has 1 aliphatic rings. The molecule has 0 amide bonds. The largest absolute Gasteiger partial charge is 0.478 e. The van der Waals surface area contributed by atoms with Gasteiger partial charge in [-0.1, -0.05) is 24.3 Å². The maximum Gasteiger partial charge on any atom is 0.334 e. The minimum Gasteiger partial charge on any atom is -0.478 e. The van der Waals surface area contributed by atoms with Crippen molar-refractivity contribution in [3.05, 3.63) is 64.0 Å². The van der Waals surface area contributed by atoms with Crippen molar-refractivity contribution in [1.29, 1.82) is 0 Å². The van der Waals surface area contributed by atoms with Gasteiger partial charge < -0.3 is 25.5 Å². The van der Waals surface area contributed by atoms with Gasteiger partial charge in [0.2, 0.25) is 0 Å². The highest BCUT2D eigenvalue weighted by molar-refractivity contribution is 5.99. The van der Waals surface area contributed by atoms with Gasteiger partial charge in [-0.2, -0.15) is 0 Å². The number of nitrogens with one attached hydrogen (secondary N) is 1. The first-order valence-corrected chi connectivity index (χ1v) is 8.45. The Morgan fingerprint density at radius 3 is 2.21 bits per heavy atom. The van der Waals surface area contributed by atoms with E-state index in [1.807, 2.05) is 0 Å². The van der Waals surface area contributed by atoms with Crippen LogP contribution in [0.4, 0.5) is 0 Å². The number of rotatable bonds is 7. The lowest BCUT2D eigenvalue weighted by Crippen LogP contribution is -2.36. The second kappa shape index (κ2) is 8.53. The molecule has 148 valence electrons. The van der Waals surface area contributed by atoms with Crippen molar-refractivity contribution in [2.45, 2.75) is 12.8 Å². The van der Waals surface area contributed by atoms with Crippen LogP contribution in [0.5, 0.6) is 0 Å². The fourth-order valence-corrected chi connectivity index (χ4v) is 3.27. The summed E-state index contributed by atoms with van der Waals surface area (Å²) in [5.74, 6) is -4.69. The molecule has 0 aliphatic carbocycles. The van der Waals surface area contributed by atoms with Crippen LogP contribution in [0.3, 0.4) is 0 Å². The highest BCUT2D eigenvalue weighted by Gasteiger charge is 2.38. The van der Waals surface area contributed by atoms with E-state index in [4.69, 9.17) is 5.11 Å². The second-order valence-electron chi connectivity index (χ2n) is 6.64. The third kappa shape index (κ3) is 4.47. The lowest BCUT2D eigenvalue weighted by molar-refractivity contribution is -0.134. The lowest BCUT2D eigenvalue weighted by atomic mass is 9.78. The minimum atomic E-state index is -1.24. The number of hydrogen-bond acceptors (Lipinski definition) is 5. The summed E-state index contributed by atoms with van der Waals surface area (Å²) in [7, 11) is 3.55. The molecule has 0 aromatic heterocycles. The number of benzene rings is 1. The lowest BCUT2D eigenvalue weighted by Gasteiger charge is -2.31. The maximum absolute atomic E-state index is 12.1. The van der Waals surface area contributed by atoms with Crippen LogP contribution in [-0.4, -0.2) is 58.8 Å². The van der Waals surface area contributed by atoms with E-state index < -0.39 is 23.8 Å². The van der Waals surface area contributed by atoms with Crippen LogP contribution < -0.4 is 5.32 Å². The Morgan fingerprint density at radius 2 is 1.68 bits per heavy atom. The first-order chi connectivity index (χ1) is 13.1. The summed E-state index contributed by atoms with van der Waals surface area (Å²) in [6.07, 6.45) is 2.27. The topological polar surface area (TPSA) is 127 Å². The molecule has 28 heavy (non-hydrogen) atoms. The standard InChI is InChI=1S/C20H22N2O6/c1-11-16(19(25)26)17(18(20(27)28)14(21-11)10-22(2)3)13-7-5-4-6-12(13)8-9-15(23)24/h4-9,17,21H,10H2,1-3H3,(H,23,24)(H,25,26)(H,27,28)/b9-8+. The van der Waals surface area contributed by atoms with Crippen molar-refractivity contribution in [3.8, 4) is 0 Å². The molecule has 1 heterocycles. The zero-order valence-electron chi connectivity index (χ0n) is 15.8. The Hall–Kier alpha value is -3.39. The Kier molecular flexibility index (Phi) is 6.37. The molecule has 0 saturated carbocycles. The van der Waals surface area contributed by atoms with E-state index in [0.717, 1.165) is 6.08 Å². The van der Waals surface area contributed by atoms with Gasteiger partial charge in [0.1, 0.15) is 0 Å². The predicted molar refractivity (Wildman–Crippen MR) is 103 cm³/mol. The molecule has 8 heteroatoms. The molecule has 0 bridgehead atoms. The van der Waals surface area contributed by atoms with Crippen LogP contribution in [0.15, 0.2) is 52.9 Å². The van der Waals surface area contributed by atoms with Crippen molar-refractivity contribution >= 4 is 24.0 Å². The number of nitrogens with zero attached hydrogens (tertiary/aromatic N) is 1.